The topological polar surface area (TPSA) is 92.7 Å². The summed E-state index contributed by atoms with van der Waals surface area (Å²) in [6.45, 7) is 1.87. The van der Waals surface area contributed by atoms with Gasteiger partial charge in [0.05, 0.1) is 23.2 Å². The van der Waals surface area contributed by atoms with E-state index in [9.17, 15) is 9.90 Å². The van der Waals surface area contributed by atoms with Gasteiger partial charge in [-0.05, 0) is 43.3 Å². The van der Waals surface area contributed by atoms with Gasteiger partial charge in [0.2, 0.25) is 0 Å². The van der Waals surface area contributed by atoms with Crippen LogP contribution in [0.25, 0.3) is 17.1 Å². The number of nitrogens with one attached hydrogen (secondary N) is 1. The second-order valence-electron chi connectivity index (χ2n) is 6.34. The first-order valence-electron chi connectivity index (χ1n) is 8.95. The molecule has 4 rings (SSSR count). The maximum Gasteiger partial charge on any atom is 0.337 e. The van der Waals surface area contributed by atoms with Gasteiger partial charge < -0.3 is 9.52 Å². The minimum atomic E-state index is -1.02. The normalized spacial score (nSPS) is 10.7. The van der Waals surface area contributed by atoms with E-state index in [-0.39, 0.29) is 18.0 Å². The Morgan fingerprint density at radius 2 is 1.83 bits per heavy atom. The summed E-state index contributed by atoms with van der Waals surface area (Å²) in [5.41, 5.74) is 5.61. The molecule has 8 heteroatoms. The fraction of sp³-hybridized carbons (Fsp3) is 0.0455. The number of halogens is 1. The highest BCUT2D eigenvalue weighted by Crippen LogP contribution is 2.25. The maximum atomic E-state index is 11.3. The van der Waals surface area contributed by atoms with Crippen molar-refractivity contribution in [2.75, 3.05) is 5.43 Å². The van der Waals surface area contributed by atoms with Crippen LogP contribution >= 0.6 is 12.4 Å². The van der Waals surface area contributed by atoms with Crippen LogP contribution < -0.4 is 5.43 Å². The second-order valence-corrected chi connectivity index (χ2v) is 6.34. The number of carboxylic acid groups (broad SMARTS) is 1. The second kappa shape index (κ2) is 9.11. The molecule has 0 radical (unpaired) electrons. The molecule has 0 bridgehead atoms. The van der Waals surface area contributed by atoms with Crippen molar-refractivity contribution in [3.05, 3.63) is 89.8 Å². The number of furan rings is 1. The Kier molecular flexibility index (Phi) is 6.34. The highest BCUT2D eigenvalue weighted by atomic mass is 35.5. The number of hydrazone groups is 1. The summed E-state index contributed by atoms with van der Waals surface area (Å²) in [7, 11) is 0. The number of carbonyl (C=O) groups is 1. The third-order valence-electron chi connectivity index (χ3n) is 4.28. The summed E-state index contributed by atoms with van der Waals surface area (Å²) in [5.74, 6) is 0.391. The number of anilines is 1. The number of rotatable bonds is 6. The lowest BCUT2D eigenvalue weighted by Gasteiger charge is -2.03. The molecule has 4 aromatic rings. The van der Waals surface area contributed by atoms with Crippen LogP contribution in [0.5, 0.6) is 0 Å². The van der Waals surface area contributed by atoms with E-state index in [1.165, 1.54) is 6.07 Å². The van der Waals surface area contributed by atoms with E-state index in [1.54, 1.807) is 29.1 Å². The predicted octanol–water partition coefficient (Wildman–Crippen LogP) is 5.01. The average molecular weight is 423 g/mol. The molecule has 2 heterocycles. The quantitative estimate of drug-likeness (QED) is 0.336. The van der Waals surface area contributed by atoms with Gasteiger partial charge in [-0.25, -0.2) is 9.48 Å². The molecule has 0 aliphatic carbocycles. The highest BCUT2D eigenvalue weighted by Gasteiger charge is 2.14. The fourth-order valence-electron chi connectivity index (χ4n) is 2.89. The number of hydrogen-bond acceptors (Lipinski definition) is 5. The van der Waals surface area contributed by atoms with Crippen LogP contribution in [0.3, 0.4) is 0 Å². The van der Waals surface area contributed by atoms with E-state index >= 15 is 0 Å². The Labute approximate surface area is 179 Å². The third kappa shape index (κ3) is 4.42. The zero-order valence-corrected chi connectivity index (χ0v) is 16.8. The van der Waals surface area contributed by atoms with Gasteiger partial charge in [0.1, 0.15) is 11.5 Å². The van der Waals surface area contributed by atoms with Crippen molar-refractivity contribution in [3.8, 4) is 17.1 Å². The molecule has 0 saturated carbocycles. The van der Waals surface area contributed by atoms with E-state index in [4.69, 9.17) is 4.42 Å². The molecule has 0 atom stereocenters. The summed E-state index contributed by atoms with van der Waals surface area (Å²) in [4.78, 5) is 11.3. The molecule has 0 aliphatic rings. The van der Waals surface area contributed by atoms with E-state index in [0.29, 0.717) is 17.1 Å². The smallest absolute Gasteiger partial charge is 0.337 e. The summed E-state index contributed by atoms with van der Waals surface area (Å²) >= 11 is 0. The highest BCUT2D eigenvalue weighted by molar-refractivity contribution is 5.94. The number of aryl methyl sites for hydroxylation is 1. The van der Waals surface area contributed by atoms with Crippen LogP contribution in [0.1, 0.15) is 21.7 Å². The first-order valence-corrected chi connectivity index (χ1v) is 8.95. The average Bonchev–Trinajstić information content (AvgIpc) is 3.35. The van der Waals surface area contributed by atoms with E-state index in [1.807, 2.05) is 55.6 Å². The molecule has 0 aliphatic heterocycles. The van der Waals surface area contributed by atoms with E-state index < -0.39 is 5.97 Å². The van der Waals surface area contributed by atoms with Crippen LogP contribution in [-0.4, -0.2) is 27.1 Å². The van der Waals surface area contributed by atoms with Crippen LogP contribution in [-0.2, 0) is 0 Å². The first-order chi connectivity index (χ1) is 14.1. The first kappa shape index (κ1) is 20.9. The zero-order valence-electron chi connectivity index (χ0n) is 16.0. The van der Waals surface area contributed by atoms with E-state index in [0.717, 1.165) is 17.0 Å². The number of benzene rings is 2. The molecule has 2 aromatic heterocycles. The lowest BCUT2D eigenvalue weighted by Crippen LogP contribution is -2.02. The third-order valence-corrected chi connectivity index (χ3v) is 4.28. The summed E-state index contributed by atoms with van der Waals surface area (Å²) in [5, 5.41) is 18.2. The van der Waals surface area contributed by atoms with Crippen molar-refractivity contribution in [3.63, 3.8) is 0 Å². The van der Waals surface area contributed by atoms with Crippen LogP contribution in [0, 0.1) is 6.92 Å². The van der Waals surface area contributed by atoms with Crippen molar-refractivity contribution in [1.82, 2.24) is 9.78 Å². The van der Waals surface area contributed by atoms with Gasteiger partial charge in [0.15, 0.2) is 5.76 Å². The Morgan fingerprint density at radius 3 is 2.53 bits per heavy atom. The monoisotopic (exact) mass is 422 g/mol. The van der Waals surface area contributed by atoms with Gasteiger partial charge in [0, 0.05) is 11.8 Å². The largest absolute Gasteiger partial charge is 0.478 e. The SMILES string of the molecule is Cc1ccc(-c2nn(-c3ccccc3)cc2C=NNc2ccccc2C(=O)O)o1.Cl. The fourth-order valence-corrected chi connectivity index (χ4v) is 2.89. The van der Waals surface area contributed by atoms with Crippen molar-refractivity contribution in [2.24, 2.45) is 5.10 Å². The number of para-hydroxylation sites is 2. The Balaban J connectivity index is 0.00000256. The van der Waals surface area contributed by atoms with Gasteiger partial charge >= 0.3 is 5.97 Å². The molecule has 30 heavy (non-hydrogen) atoms. The lowest BCUT2D eigenvalue weighted by atomic mass is 10.2. The predicted molar refractivity (Wildman–Crippen MR) is 118 cm³/mol. The Morgan fingerprint density at radius 1 is 1.10 bits per heavy atom. The standard InChI is InChI=1S/C22H18N4O3.ClH/c1-15-11-12-20(29-15)21-16(14-26(25-21)17-7-3-2-4-8-17)13-23-24-19-10-6-5-9-18(19)22(27)28;/h2-14,24H,1H3,(H,27,28);1H. The number of aromatic carboxylic acids is 1. The number of aromatic nitrogens is 2. The number of nitrogens with zero attached hydrogens (tertiary/aromatic N) is 3. The molecule has 2 N–H and O–H groups in total. The molecule has 0 spiro atoms. The summed E-state index contributed by atoms with van der Waals surface area (Å²) < 4.78 is 7.49. The molecule has 0 unspecified atom stereocenters. The van der Waals surface area contributed by atoms with Gasteiger partial charge in [-0.15, -0.1) is 12.4 Å². The summed E-state index contributed by atoms with van der Waals surface area (Å²) in [6, 6.07) is 20.0. The number of carboxylic acids is 1. The molecule has 2 aromatic carbocycles. The van der Waals surface area contributed by atoms with Crippen molar-refractivity contribution < 1.29 is 14.3 Å². The van der Waals surface area contributed by atoms with E-state index in [2.05, 4.69) is 15.6 Å². The molecular formula is C22H19ClN4O3. The molecule has 0 saturated heterocycles. The molecule has 152 valence electrons. The van der Waals surface area contributed by atoms with Crippen LogP contribution in [0.2, 0.25) is 0 Å². The van der Waals surface area contributed by atoms with Gasteiger partial charge in [-0.3, -0.25) is 5.43 Å². The van der Waals surface area contributed by atoms with Crippen molar-refractivity contribution >= 4 is 30.3 Å². The van der Waals surface area contributed by atoms with Crippen molar-refractivity contribution in [2.45, 2.75) is 6.92 Å². The Hall–Kier alpha value is -3.84. The Bertz CT molecular complexity index is 1180. The van der Waals surface area contributed by atoms with Gasteiger partial charge in [-0.2, -0.15) is 10.2 Å². The van der Waals surface area contributed by atoms with Gasteiger partial charge in [-0.1, -0.05) is 30.3 Å². The van der Waals surface area contributed by atoms with Crippen LogP contribution in [0.15, 0.2) is 82.4 Å². The van der Waals surface area contributed by atoms with Gasteiger partial charge in [0.25, 0.3) is 0 Å². The maximum absolute atomic E-state index is 11.3. The minimum absolute atomic E-state index is 0. The molecule has 0 amide bonds. The zero-order chi connectivity index (χ0) is 20.2. The van der Waals surface area contributed by atoms with Crippen molar-refractivity contribution in [1.29, 1.82) is 0 Å². The van der Waals surface area contributed by atoms with Crippen LogP contribution in [0.4, 0.5) is 5.69 Å². The summed E-state index contributed by atoms with van der Waals surface area (Å²) in [6.07, 6.45) is 3.44. The molecular weight excluding hydrogens is 404 g/mol. The minimum Gasteiger partial charge on any atom is -0.478 e. The molecule has 7 nitrogen and oxygen atoms in total. The lowest BCUT2D eigenvalue weighted by molar-refractivity contribution is 0.0698. The number of hydrogen-bond donors (Lipinski definition) is 2. The molecule has 0 fully saturated rings.